The number of rotatable bonds is 5. The van der Waals surface area contributed by atoms with Gasteiger partial charge in [0.05, 0.1) is 20.4 Å². The standard InChI is InChI=1S/C16H18N4O3/c1-22-11-6-7-14(23-2)10(8-11)9-17-20-16(21)15-12-4-3-5-13(12)18-19-15/h6-9H,3-5H2,1-2H3,(H,18,19)(H,20,21)/b17-9-. The van der Waals surface area contributed by atoms with E-state index in [0.717, 1.165) is 30.5 Å². The van der Waals surface area contributed by atoms with Crippen LogP contribution in [0.3, 0.4) is 0 Å². The van der Waals surface area contributed by atoms with Crippen LogP contribution < -0.4 is 14.9 Å². The van der Waals surface area contributed by atoms with Crippen molar-refractivity contribution in [3.8, 4) is 11.5 Å². The third kappa shape index (κ3) is 3.03. The Morgan fingerprint density at radius 3 is 3.00 bits per heavy atom. The molecule has 120 valence electrons. The van der Waals surface area contributed by atoms with Gasteiger partial charge in [0.2, 0.25) is 0 Å². The molecule has 2 aromatic rings. The van der Waals surface area contributed by atoms with E-state index in [2.05, 4.69) is 20.7 Å². The Kier molecular flexibility index (Phi) is 4.27. The van der Waals surface area contributed by atoms with E-state index in [1.807, 2.05) is 0 Å². The topological polar surface area (TPSA) is 88.6 Å². The predicted molar refractivity (Wildman–Crippen MR) is 85.2 cm³/mol. The minimum Gasteiger partial charge on any atom is -0.497 e. The zero-order valence-corrected chi connectivity index (χ0v) is 13.0. The minimum absolute atomic E-state index is 0.317. The Bertz CT molecular complexity index is 752. The Balaban J connectivity index is 1.72. The number of carbonyl (C=O) groups excluding carboxylic acids is 1. The lowest BCUT2D eigenvalue weighted by molar-refractivity contribution is 0.0949. The number of nitrogens with zero attached hydrogens (tertiary/aromatic N) is 2. The van der Waals surface area contributed by atoms with Crippen LogP contribution in [0.25, 0.3) is 0 Å². The van der Waals surface area contributed by atoms with Crippen molar-refractivity contribution in [3.63, 3.8) is 0 Å². The molecule has 0 unspecified atom stereocenters. The van der Waals surface area contributed by atoms with E-state index in [4.69, 9.17) is 9.47 Å². The van der Waals surface area contributed by atoms with Crippen molar-refractivity contribution in [2.45, 2.75) is 19.3 Å². The molecule has 0 fully saturated rings. The highest BCUT2D eigenvalue weighted by Crippen LogP contribution is 2.23. The van der Waals surface area contributed by atoms with Crippen LogP contribution in [0, 0.1) is 0 Å². The van der Waals surface area contributed by atoms with Gasteiger partial charge in [0.25, 0.3) is 5.91 Å². The molecule has 1 amide bonds. The molecule has 0 saturated carbocycles. The molecule has 0 spiro atoms. The number of aromatic amines is 1. The summed E-state index contributed by atoms with van der Waals surface area (Å²) in [6, 6.07) is 5.35. The van der Waals surface area contributed by atoms with Crippen molar-refractivity contribution >= 4 is 12.1 Å². The largest absolute Gasteiger partial charge is 0.497 e. The number of carbonyl (C=O) groups is 1. The van der Waals surface area contributed by atoms with Gasteiger partial charge in [-0.05, 0) is 37.5 Å². The van der Waals surface area contributed by atoms with Crippen molar-refractivity contribution in [1.82, 2.24) is 15.6 Å². The van der Waals surface area contributed by atoms with Crippen LogP contribution in [0.1, 0.15) is 33.7 Å². The normalized spacial score (nSPS) is 13.1. The Hall–Kier alpha value is -2.83. The highest BCUT2D eigenvalue weighted by molar-refractivity contribution is 5.95. The summed E-state index contributed by atoms with van der Waals surface area (Å²) >= 11 is 0. The van der Waals surface area contributed by atoms with Gasteiger partial charge in [-0.1, -0.05) is 0 Å². The maximum absolute atomic E-state index is 12.2. The Labute approximate surface area is 133 Å². The van der Waals surface area contributed by atoms with Crippen LogP contribution in [0.5, 0.6) is 11.5 Å². The van der Waals surface area contributed by atoms with Crippen LogP contribution >= 0.6 is 0 Å². The van der Waals surface area contributed by atoms with Crippen LogP contribution in [-0.2, 0) is 12.8 Å². The van der Waals surface area contributed by atoms with E-state index in [0.29, 0.717) is 22.8 Å². The smallest absolute Gasteiger partial charge is 0.292 e. The molecule has 0 radical (unpaired) electrons. The van der Waals surface area contributed by atoms with E-state index < -0.39 is 0 Å². The Morgan fingerprint density at radius 2 is 2.22 bits per heavy atom. The van der Waals surface area contributed by atoms with Crippen LogP contribution in [-0.4, -0.2) is 36.5 Å². The van der Waals surface area contributed by atoms with E-state index in [1.54, 1.807) is 32.4 Å². The molecule has 7 heteroatoms. The summed E-state index contributed by atoms with van der Waals surface area (Å²) < 4.78 is 10.4. The van der Waals surface area contributed by atoms with Gasteiger partial charge in [0.1, 0.15) is 11.5 Å². The molecule has 1 aliphatic carbocycles. The Morgan fingerprint density at radius 1 is 1.35 bits per heavy atom. The van der Waals surface area contributed by atoms with Gasteiger partial charge < -0.3 is 9.47 Å². The molecule has 0 bridgehead atoms. The van der Waals surface area contributed by atoms with Gasteiger partial charge in [-0.2, -0.15) is 10.2 Å². The van der Waals surface area contributed by atoms with Gasteiger partial charge >= 0.3 is 0 Å². The number of hydrogen-bond acceptors (Lipinski definition) is 5. The summed E-state index contributed by atoms with van der Waals surface area (Å²) in [7, 11) is 3.16. The number of aryl methyl sites for hydroxylation is 1. The van der Waals surface area contributed by atoms with Gasteiger partial charge in [-0.25, -0.2) is 5.43 Å². The highest BCUT2D eigenvalue weighted by Gasteiger charge is 2.22. The third-order valence-corrected chi connectivity index (χ3v) is 3.83. The monoisotopic (exact) mass is 314 g/mol. The molecular formula is C16H18N4O3. The molecule has 1 heterocycles. The number of hydrazone groups is 1. The second-order valence-corrected chi connectivity index (χ2v) is 5.19. The first-order chi connectivity index (χ1) is 11.2. The van der Waals surface area contributed by atoms with Crippen molar-refractivity contribution in [2.24, 2.45) is 5.10 Å². The number of nitrogens with one attached hydrogen (secondary N) is 2. The highest BCUT2D eigenvalue weighted by atomic mass is 16.5. The van der Waals surface area contributed by atoms with E-state index in [-0.39, 0.29) is 5.91 Å². The average molecular weight is 314 g/mol. The quantitative estimate of drug-likeness (QED) is 0.649. The second-order valence-electron chi connectivity index (χ2n) is 5.19. The fourth-order valence-electron chi connectivity index (χ4n) is 2.66. The van der Waals surface area contributed by atoms with E-state index in [1.165, 1.54) is 6.21 Å². The molecule has 7 nitrogen and oxygen atoms in total. The number of benzene rings is 1. The first-order valence-corrected chi connectivity index (χ1v) is 7.34. The zero-order valence-electron chi connectivity index (χ0n) is 13.0. The number of hydrogen-bond donors (Lipinski definition) is 2. The summed E-state index contributed by atoms with van der Waals surface area (Å²) in [5.41, 5.74) is 5.68. The summed E-state index contributed by atoms with van der Waals surface area (Å²) in [6.07, 6.45) is 4.39. The summed E-state index contributed by atoms with van der Waals surface area (Å²) in [6.45, 7) is 0. The number of fused-ring (bicyclic) bond motifs is 1. The lowest BCUT2D eigenvalue weighted by Gasteiger charge is -2.06. The summed E-state index contributed by atoms with van der Waals surface area (Å²) in [5.74, 6) is 1.01. The van der Waals surface area contributed by atoms with Crippen LogP contribution in [0.4, 0.5) is 0 Å². The number of H-pyrrole nitrogens is 1. The average Bonchev–Trinajstić information content (AvgIpc) is 3.17. The van der Waals surface area contributed by atoms with Gasteiger partial charge in [-0.3, -0.25) is 9.89 Å². The SMILES string of the molecule is COc1ccc(OC)c(/C=N\NC(=O)c2n[nH]c3c2CCC3)c1. The summed E-state index contributed by atoms with van der Waals surface area (Å²) in [4.78, 5) is 12.2. The molecule has 3 rings (SSSR count). The van der Waals surface area contributed by atoms with Crippen molar-refractivity contribution < 1.29 is 14.3 Å². The maximum Gasteiger partial charge on any atom is 0.292 e. The van der Waals surface area contributed by atoms with Crippen LogP contribution in [0.15, 0.2) is 23.3 Å². The van der Waals surface area contributed by atoms with E-state index in [9.17, 15) is 4.79 Å². The maximum atomic E-state index is 12.2. The fraction of sp³-hybridized carbons (Fsp3) is 0.312. The zero-order chi connectivity index (χ0) is 16.2. The van der Waals surface area contributed by atoms with Gasteiger partial charge in [0, 0.05) is 16.8 Å². The molecule has 2 N–H and O–H groups in total. The first-order valence-electron chi connectivity index (χ1n) is 7.34. The molecule has 23 heavy (non-hydrogen) atoms. The fourth-order valence-corrected chi connectivity index (χ4v) is 2.66. The first kappa shape index (κ1) is 15.1. The number of ether oxygens (including phenoxy) is 2. The van der Waals surface area contributed by atoms with Crippen molar-refractivity contribution in [3.05, 3.63) is 40.7 Å². The van der Waals surface area contributed by atoms with Crippen molar-refractivity contribution in [1.29, 1.82) is 0 Å². The number of aromatic nitrogens is 2. The molecule has 1 aromatic carbocycles. The lowest BCUT2D eigenvalue weighted by atomic mass is 10.2. The molecular weight excluding hydrogens is 296 g/mol. The molecule has 0 saturated heterocycles. The molecule has 1 aliphatic rings. The number of amides is 1. The molecule has 1 aromatic heterocycles. The third-order valence-electron chi connectivity index (χ3n) is 3.83. The van der Waals surface area contributed by atoms with Gasteiger partial charge in [-0.15, -0.1) is 0 Å². The predicted octanol–water partition coefficient (Wildman–Crippen LogP) is 1.68. The minimum atomic E-state index is -0.317. The van der Waals surface area contributed by atoms with Crippen molar-refractivity contribution in [2.75, 3.05) is 14.2 Å². The van der Waals surface area contributed by atoms with Crippen LogP contribution in [0.2, 0.25) is 0 Å². The summed E-state index contributed by atoms with van der Waals surface area (Å²) in [5, 5.41) is 11.0. The second kappa shape index (κ2) is 6.51. The lowest BCUT2D eigenvalue weighted by Crippen LogP contribution is -2.19. The molecule has 0 atom stereocenters. The molecule has 0 aliphatic heterocycles. The van der Waals surface area contributed by atoms with E-state index >= 15 is 0 Å². The van der Waals surface area contributed by atoms with Gasteiger partial charge in [0.15, 0.2) is 5.69 Å². The number of methoxy groups -OCH3 is 2.